The first-order chi connectivity index (χ1) is 8.54. The third-order valence-electron chi connectivity index (χ3n) is 5.02. The summed E-state index contributed by atoms with van der Waals surface area (Å²) in [6.45, 7) is 8.70. The maximum Gasteiger partial charge on any atom is 0.0655 e. The van der Waals surface area contributed by atoms with E-state index in [-0.39, 0.29) is 5.41 Å². The summed E-state index contributed by atoms with van der Waals surface area (Å²) in [5.41, 5.74) is 6.33. The van der Waals surface area contributed by atoms with Crippen molar-refractivity contribution in [2.75, 3.05) is 13.2 Å². The Kier molecular flexibility index (Phi) is 4.68. The van der Waals surface area contributed by atoms with E-state index < -0.39 is 0 Å². The van der Waals surface area contributed by atoms with Gasteiger partial charge < -0.3 is 15.8 Å². The Morgan fingerprint density at radius 3 is 2.67 bits per heavy atom. The lowest BCUT2D eigenvalue weighted by Gasteiger charge is -2.52. The van der Waals surface area contributed by atoms with E-state index in [1.54, 1.807) is 0 Å². The van der Waals surface area contributed by atoms with Gasteiger partial charge in [0.05, 0.1) is 6.10 Å². The van der Waals surface area contributed by atoms with E-state index in [0.29, 0.717) is 18.2 Å². The summed E-state index contributed by atoms with van der Waals surface area (Å²) in [6, 6.07) is 1.06. The van der Waals surface area contributed by atoms with E-state index in [1.807, 2.05) is 0 Å². The minimum absolute atomic E-state index is 0.285. The highest BCUT2D eigenvalue weighted by molar-refractivity contribution is 5.03. The molecular weight excluding hydrogens is 224 g/mol. The SMILES string of the molecule is CCOC1CC(NCC2CCCC(N)C2)C1(C)C. The second-order valence-corrected chi connectivity index (χ2v) is 6.75. The number of ether oxygens (including phenoxy) is 1. The molecule has 0 aromatic carbocycles. The van der Waals surface area contributed by atoms with Crippen LogP contribution < -0.4 is 11.1 Å². The molecule has 0 aromatic heterocycles. The van der Waals surface area contributed by atoms with Crippen molar-refractivity contribution in [3.8, 4) is 0 Å². The molecule has 2 aliphatic carbocycles. The smallest absolute Gasteiger partial charge is 0.0655 e. The van der Waals surface area contributed by atoms with Crippen LogP contribution in [-0.2, 0) is 4.74 Å². The van der Waals surface area contributed by atoms with Crippen molar-refractivity contribution in [1.29, 1.82) is 0 Å². The van der Waals surface area contributed by atoms with Crippen molar-refractivity contribution in [1.82, 2.24) is 5.32 Å². The van der Waals surface area contributed by atoms with Gasteiger partial charge in [0.2, 0.25) is 0 Å². The van der Waals surface area contributed by atoms with Crippen LogP contribution in [-0.4, -0.2) is 31.3 Å². The Morgan fingerprint density at radius 1 is 1.28 bits per heavy atom. The first kappa shape index (κ1) is 14.3. The molecule has 2 fully saturated rings. The Labute approximate surface area is 112 Å². The van der Waals surface area contributed by atoms with Gasteiger partial charge in [-0.3, -0.25) is 0 Å². The van der Waals surface area contributed by atoms with Crippen LogP contribution in [0.3, 0.4) is 0 Å². The van der Waals surface area contributed by atoms with Gasteiger partial charge in [-0.25, -0.2) is 0 Å². The zero-order valence-electron chi connectivity index (χ0n) is 12.2. The lowest BCUT2D eigenvalue weighted by molar-refractivity contribution is -0.114. The fourth-order valence-corrected chi connectivity index (χ4v) is 3.54. The molecule has 0 aliphatic heterocycles. The lowest BCUT2D eigenvalue weighted by atomic mass is 9.64. The van der Waals surface area contributed by atoms with Crippen LogP contribution in [0, 0.1) is 11.3 Å². The first-order valence-electron chi connectivity index (χ1n) is 7.64. The van der Waals surface area contributed by atoms with Gasteiger partial charge >= 0.3 is 0 Å². The quantitative estimate of drug-likeness (QED) is 0.791. The largest absolute Gasteiger partial charge is 0.378 e. The van der Waals surface area contributed by atoms with Crippen molar-refractivity contribution in [2.45, 2.75) is 71.1 Å². The molecule has 0 bridgehead atoms. The topological polar surface area (TPSA) is 47.3 Å². The third-order valence-corrected chi connectivity index (χ3v) is 5.02. The fourth-order valence-electron chi connectivity index (χ4n) is 3.54. The van der Waals surface area contributed by atoms with E-state index in [4.69, 9.17) is 10.5 Å². The van der Waals surface area contributed by atoms with Crippen molar-refractivity contribution < 1.29 is 4.74 Å². The Bertz CT molecular complexity index is 267. The van der Waals surface area contributed by atoms with Gasteiger partial charge in [0.15, 0.2) is 0 Å². The van der Waals surface area contributed by atoms with Crippen molar-refractivity contribution in [3.05, 3.63) is 0 Å². The van der Waals surface area contributed by atoms with E-state index in [0.717, 1.165) is 19.1 Å². The summed E-state index contributed by atoms with van der Waals surface area (Å²) in [7, 11) is 0. The summed E-state index contributed by atoms with van der Waals surface area (Å²) in [5.74, 6) is 0.788. The van der Waals surface area contributed by atoms with Gasteiger partial charge in [-0.05, 0) is 45.1 Å². The minimum atomic E-state index is 0.285. The second kappa shape index (κ2) is 5.89. The molecule has 18 heavy (non-hydrogen) atoms. The third kappa shape index (κ3) is 3.06. The highest BCUT2D eigenvalue weighted by Crippen LogP contribution is 2.42. The molecule has 0 aromatic rings. The van der Waals surface area contributed by atoms with Crippen molar-refractivity contribution in [2.24, 2.45) is 17.1 Å². The van der Waals surface area contributed by atoms with Crippen LogP contribution in [0.15, 0.2) is 0 Å². The van der Waals surface area contributed by atoms with Gasteiger partial charge in [-0.1, -0.05) is 20.3 Å². The van der Waals surface area contributed by atoms with Crippen LogP contribution in [0.2, 0.25) is 0 Å². The maximum absolute atomic E-state index is 6.05. The average Bonchev–Trinajstić information content (AvgIpc) is 2.33. The molecule has 0 spiro atoms. The van der Waals surface area contributed by atoms with Gasteiger partial charge in [-0.2, -0.15) is 0 Å². The van der Waals surface area contributed by atoms with Gasteiger partial charge in [0, 0.05) is 24.1 Å². The van der Waals surface area contributed by atoms with E-state index in [9.17, 15) is 0 Å². The molecule has 0 amide bonds. The minimum Gasteiger partial charge on any atom is -0.378 e. The van der Waals surface area contributed by atoms with Crippen LogP contribution in [0.4, 0.5) is 0 Å². The monoisotopic (exact) mass is 254 g/mol. The average molecular weight is 254 g/mol. The van der Waals surface area contributed by atoms with Gasteiger partial charge in [0.1, 0.15) is 0 Å². The summed E-state index contributed by atoms with van der Waals surface area (Å²) in [5, 5.41) is 3.75. The van der Waals surface area contributed by atoms with E-state index in [1.165, 1.54) is 32.1 Å². The Hall–Kier alpha value is -0.120. The van der Waals surface area contributed by atoms with Crippen LogP contribution >= 0.6 is 0 Å². The van der Waals surface area contributed by atoms with Crippen molar-refractivity contribution in [3.63, 3.8) is 0 Å². The van der Waals surface area contributed by atoms with E-state index in [2.05, 4.69) is 26.1 Å². The normalized spacial score (nSPS) is 39.3. The van der Waals surface area contributed by atoms with Crippen molar-refractivity contribution >= 4 is 0 Å². The molecule has 0 saturated heterocycles. The molecule has 3 heteroatoms. The predicted molar refractivity (Wildman–Crippen MR) is 75.5 cm³/mol. The Balaban J connectivity index is 1.71. The number of nitrogens with two attached hydrogens (primary N) is 1. The highest BCUT2D eigenvalue weighted by Gasteiger charge is 2.48. The molecule has 3 N–H and O–H groups in total. The Morgan fingerprint density at radius 2 is 2.06 bits per heavy atom. The molecule has 0 heterocycles. The number of nitrogens with one attached hydrogen (secondary N) is 1. The number of rotatable bonds is 5. The molecule has 4 unspecified atom stereocenters. The molecule has 106 valence electrons. The van der Waals surface area contributed by atoms with Gasteiger partial charge in [-0.15, -0.1) is 0 Å². The van der Waals surface area contributed by atoms with E-state index >= 15 is 0 Å². The summed E-state index contributed by atoms with van der Waals surface area (Å²) in [4.78, 5) is 0. The highest BCUT2D eigenvalue weighted by atomic mass is 16.5. The molecule has 2 aliphatic rings. The molecule has 0 radical (unpaired) electrons. The lowest BCUT2D eigenvalue weighted by Crippen LogP contribution is -2.61. The fraction of sp³-hybridized carbons (Fsp3) is 1.00. The molecular formula is C15H30N2O. The summed E-state index contributed by atoms with van der Waals surface area (Å²) in [6.07, 6.45) is 6.69. The van der Waals surface area contributed by atoms with Crippen LogP contribution in [0.25, 0.3) is 0 Å². The second-order valence-electron chi connectivity index (χ2n) is 6.75. The number of hydrogen-bond donors (Lipinski definition) is 2. The zero-order valence-corrected chi connectivity index (χ0v) is 12.2. The summed E-state index contributed by atoms with van der Waals surface area (Å²) < 4.78 is 5.77. The molecule has 2 saturated carbocycles. The standard InChI is InChI=1S/C15H30N2O/c1-4-18-14-9-13(15(14,2)3)17-10-11-6-5-7-12(16)8-11/h11-14,17H,4-10,16H2,1-3H3. The van der Waals surface area contributed by atoms with Crippen LogP contribution in [0.5, 0.6) is 0 Å². The predicted octanol–water partition coefficient (Wildman–Crippen LogP) is 2.30. The molecule has 3 nitrogen and oxygen atoms in total. The molecule has 2 rings (SSSR count). The molecule has 4 atom stereocenters. The zero-order chi connectivity index (χ0) is 13.2. The number of hydrogen-bond acceptors (Lipinski definition) is 3. The first-order valence-corrected chi connectivity index (χ1v) is 7.64. The van der Waals surface area contributed by atoms with Crippen LogP contribution in [0.1, 0.15) is 52.9 Å². The summed E-state index contributed by atoms with van der Waals surface area (Å²) >= 11 is 0. The van der Waals surface area contributed by atoms with Gasteiger partial charge in [0.25, 0.3) is 0 Å². The maximum atomic E-state index is 6.05.